The molecule has 1 aliphatic heterocycles. The Bertz CT molecular complexity index is 944. The molecule has 3 rings (SSSR count). The van der Waals surface area contributed by atoms with Crippen molar-refractivity contribution in [1.82, 2.24) is 9.62 Å². The van der Waals surface area contributed by atoms with Gasteiger partial charge >= 0.3 is 0 Å². The third kappa shape index (κ3) is 4.11. The van der Waals surface area contributed by atoms with Gasteiger partial charge in [-0.1, -0.05) is 29.8 Å². The Morgan fingerprint density at radius 3 is 2.65 bits per heavy atom. The van der Waals surface area contributed by atoms with E-state index < -0.39 is 16.1 Å². The third-order valence-electron chi connectivity index (χ3n) is 4.42. The molecule has 0 aromatic heterocycles. The van der Waals surface area contributed by atoms with Crippen molar-refractivity contribution in [3.05, 3.63) is 65.0 Å². The maximum Gasteiger partial charge on any atom is 0.241 e. The van der Waals surface area contributed by atoms with Gasteiger partial charge in [-0.25, -0.2) is 17.5 Å². The van der Waals surface area contributed by atoms with Gasteiger partial charge in [-0.3, -0.25) is 4.79 Å². The van der Waals surface area contributed by atoms with Gasteiger partial charge < -0.3 is 4.90 Å². The highest BCUT2D eigenvalue weighted by atomic mass is 32.2. The van der Waals surface area contributed by atoms with Crippen LogP contribution in [0.4, 0.5) is 4.39 Å². The first kappa shape index (κ1) is 18.5. The van der Waals surface area contributed by atoms with E-state index in [0.29, 0.717) is 11.1 Å². The highest BCUT2D eigenvalue weighted by Gasteiger charge is 2.33. The number of aryl methyl sites for hydroxylation is 2. The number of hydrogen-bond donors (Lipinski definition) is 1. The lowest BCUT2D eigenvalue weighted by Gasteiger charge is -2.18. The number of halogens is 1. The summed E-state index contributed by atoms with van der Waals surface area (Å²) < 4.78 is 41.2. The predicted octanol–water partition coefficient (Wildman–Crippen LogP) is 2.52. The van der Waals surface area contributed by atoms with E-state index in [1.807, 2.05) is 13.0 Å². The molecule has 0 bridgehead atoms. The number of rotatable bonds is 5. The summed E-state index contributed by atoms with van der Waals surface area (Å²) in [6.45, 7) is 4.17. The lowest BCUT2D eigenvalue weighted by Crippen LogP contribution is -2.37. The van der Waals surface area contributed by atoms with Gasteiger partial charge in [0.1, 0.15) is 5.82 Å². The zero-order valence-electron chi connectivity index (χ0n) is 14.7. The minimum absolute atomic E-state index is 0.0967. The minimum Gasteiger partial charge on any atom is -0.337 e. The van der Waals surface area contributed by atoms with E-state index in [-0.39, 0.29) is 36.1 Å². The summed E-state index contributed by atoms with van der Waals surface area (Å²) in [6.07, 6.45) is 0.0967. The van der Waals surface area contributed by atoms with Gasteiger partial charge in [0, 0.05) is 25.6 Å². The van der Waals surface area contributed by atoms with E-state index in [1.54, 1.807) is 36.1 Å². The van der Waals surface area contributed by atoms with Crippen LogP contribution in [0, 0.1) is 19.7 Å². The Labute approximate surface area is 152 Å². The summed E-state index contributed by atoms with van der Waals surface area (Å²) in [4.78, 5) is 14.0. The molecular formula is C19H21FN2O3S. The van der Waals surface area contributed by atoms with Crippen molar-refractivity contribution in [2.45, 2.75) is 37.8 Å². The summed E-state index contributed by atoms with van der Waals surface area (Å²) in [5.41, 5.74) is 2.33. The Hall–Kier alpha value is -2.25. The second kappa shape index (κ2) is 7.17. The molecule has 1 aliphatic rings. The van der Waals surface area contributed by atoms with Crippen LogP contribution in [0.15, 0.2) is 47.4 Å². The van der Waals surface area contributed by atoms with E-state index in [0.717, 1.165) is 5.56 Å². The molecule has 26 heavy (non-hydrogen) atoms. The predicted molar refractivity (Wildman–Crippen MR) is 96.5 cm³/mol. The van der Waals surface area contributed by atoms with Crippen LogP contribution in [0.2, 0.25) is 0 Å². The number of sulfonamides is 1. The van der Waals surface area contributed by atoms with Crippen LogP contribution in [0.3, 0.4) is 0 Å². The second-order valence-electron chi connectivity index (χ2n) is 6.70. The number of nitrogens with one attached hydrogen (secondary N) is 1. The summed E-state index contributed by atoms with van der Waals surface area (Å²) >= 11 is 0. The van der Waals surface area contributed by atoms with Crippen LogP contribution >= 0.6 is 0 Å². The fourth-order valence-corrected chi connectivity index (χ4v) is 4.70. The number of benzene rings is 2. The molecule has 138 valence electrons. The fraction of sp³-hybridized carbons (Fsp3) is 0.316. The van der Waals surface area contributed by atoms with E-state index in [1.165, 1.54) is 12.1 Å². The van der Waals surface area contributed by atoms with Gasteiger partial charge in [0.25, 0.3) is 0 Å². The van der Waals surface area contributed by atoms with Gasteiger partial charge in [0.05, 0.1) is 4.90 Å². The van der Waals surface area contributed by atoms with Gasteiger partial charge in [0.15, 0.2) is 0 Å². The zero-order chi connectivity index (χ0) is 18.9. The van der Waals surface area contributed by atoms with E-state index in [9.17, 15) is 17.6 Å². The van der Waals surface area contributed by atoms with Gasteiger partial charge in [-0.15, -0.1) is 0 Å². The average Bonchev–Trinajstić information content (AvgIpc) is 2.85. The van der Waals surface area contributed by atoms with Crippen molar-refractivity contribution in [2.24, 2.45) is 0 Å². The van der Waals surface area contributed by atoms with Crippen molar-refractivity contribution in [2.75, 3.05) is 6.54 Å². The minimum atomic E-state index is -3.71. The van der Waals surface area contributed by atoms with Gasteiger partial charge in [0.2, 0.25) is 15.9 Å². The zero-order valence-corrected chi connectivity index (χ0v) is 15.5. The van der Waals surface area contributed by atoms with Crippen LogP contribution in [-0.2, 0) is 21.4 Å². The number of carbonyl (C=O) groups is 1. The normalized spacial score (nSPS) is 17.7. The van der Waals surface area contributed by atoms with E-state index in [4.69, 9.17) is 0 Å². The Morgan fingerprint density at radius 1 is 1.19 bits per heavy atom. The molecule has 2 aromatic carbocycles. The fourth-order valence-electron chi connectivity index (χ4n) is 3.24. The first-order valence-corrected chi connectivity index (χ1v) is 9.85. The highest BCUT2D eigenvalue weighted by Crippen LogP contribution is 2.20. The Balaban J connectivity index is 1.70. The van der Waals surface area contributed by atoms with Crippen LogP contribution in [0.1, 0.15) is 23.1 Å². The number of amides is 1. The van der Waals surface area contributed by atoms with Crippen molar-refractivity contribution in [3.63, 3.8) is 0 Å². The quantitative estimate of drug-likeness (QED) is 0.872. The van der Waals surface area contributed by atoms with E-state index in [2.05, 4.69) is 4.72 Å². The summed E-state index contributed by atoms with van der Waals surface area (Å²) in [6, 6.07) is 10.7. The molecule has 0 radical (unpaired) electrons. The molecule has 7 heteroatoms. The van der Waals surface area contributed by atoms with Crippen molar-refractivity contribution >= 4 is 15.9 Å². The highest BCUT2D eigenvalue weighted by molar-refractivity contribution is 7.89. The molecule has 1 atom stereocenters. The largest absolute Gasteiger partial charge is 0.337 e. The number of likely N-dealkylation sites (tertiary alicyclic amines) is 1. The van der Waals surface area contributed by atoms with Crippen LogP contribution < -0.4 is 4.72 Å². The molecule has 1 saturated heterocycles. The van der Waals surface area contributed by atoms with Crippen molar-refractivity contribution in [1.29, 1.82) is 0 Å². The first-order chi connectivity index (χ1) is 12.2. The van der Waals surface area contributed by atoms with Crippen LogP contribution in [0.25, 0.3) is 0 Å². The summed E-state index contributed by atoms with van der Waals surface area (Å²) in [5, 5.41) is 0. The lowest BCUT2D eigenvalue weighted by molar-refractivity contribution is -0.128. The SMILES string of the molecule is Cc1ccc(S(=O)(=O)N[C@@H]2CC(=O)N(Cc3cccc(F)c3)C2)c(C)c1. The second-order valence-corrected chi connectivity index (χ2v) is 8.38. The molecule has 1 heterocycles. The first-order valence-electron chi connectivity index (χ1n) is 8.36. The Kier molecular flexibility index (Phi) is 5.11. The smallest absolute Gasteiger partial charge is 0.241 e. The molecule has 1 N–H and O–H groups in total. The summed E-state index contributed by atoms with van der Waals surface area (Å²) in [7, 11) is -3.71. The van der Waals surface area contributed by atoms with Crippen LogP contribution in [0.5, 0.6) is 0 Å². The molecule has 0 spiro atoms. The number of nitrogens with zero attached hydrogens (tertiary/aromatic N) is 1. The molecule has 2 aromatic rings. The van der Waals surface area contributed by atoms with Gasteiger partial charge in [-0.2, -0.15) is 0 Å². The lowest BCUT2D eigenvalue weighted by atomic mass is 10.2. The Morgan fingerprint density at radius 2 is 1.96 bits per heavy atom. The molecule has 0 saturated carbocycles. The van der Waals surface area contributed by atoms with Crippen LogP contribution in [-0.4, -0.2) is 31.8 Å². The summed E-state index contributed by atoms with van der Waals surface area (Å²) in [5.74, 6) is -0.510. The van der Waals surface area contributed by atoms with Gasteiger partial charge in [-0.05, 0) is 43.2 Å². The monoisotopic (exact) mass is 376 g/mol. The molecular weight excluding hydrogens is 355 g/mol. The maximum atomic E-state index is 13.3. The third-order valence-corrected chi connectivity index (χ3v) is 6.10. The molecule has 0 aliphatic carbocycles. The molecule has 1 fully saturated rings. The topological polar surface area (TPSA) is 66.5 Å². The molecule has 5 nitrogen and oxygen atoms in total. The maximum absolute atomic E-state index is 13.3. The van der Waals surface area contributed by atoms with E-state index >= 15 is 0 Å². The standard InChI is InChI=1S/C19H21FN2O3S/c1-13-6-7-18(14(2)8-13)26(24,25)21-17-10-19(23)22(12-17)11-15-4-3-5-16(20)9-15/h3-9,17,21H,10-12H2,1-2H3/t17-/m1/s1. The number of hydrogen-bond acceptors (Lipinski definition) is 3. The average molecular weight is 376 g/mol. The number of carbonyl (C=O) groups excluding carboxylic acids is 1. The van der Waals surface area contributed by atoms with Crippen molar-refractivity contribution < 1.29 is 17.6 Å². The molecule has 1 amide bonds. The van der Waals surface area contributed by atoms with Crippen molar-refractivity contribution in [3.8, 4) is 0 Å². The molecule has 0 unspecified atom stereocenters.